The molecule has 1 aromatic carbocycles. The van der Waals surface area contributed by atoms with Gasteiger partial charge in [0.05, 0.1) is 40.6 Å². The lowest BCUT2D eigenvalue weighted by Crippen LogP contribution is -2.37. The third-order valence-corrected chi connectivity index (χ3v) is 5.36. The van der Waals surface area contributed by atoms with Gasteiger partial charge in [-0.2, -0.15) is 13.2 Å². The third-order valence-electron chi connectivity index (χ3n) is 5.04. The van der Waals surface area contributed by atoms with Crippen molar-refractivity contribution in [1.29, 1.82) is 0 Å². The van der Waals surface area contributed by atoms with Gasteiger partial charge in [0.2, 0.25) is 0 Å². The average Bonchev–Trinajstić information content (AvgIpc) is 3.14. The van der Waals surface area contributed by atoms with E-state index < -0.39 is 34.9 Å². The molecule has 6 nitrogen and oxygen atoms in total. The van der Waals surface area contributed by atoms with Crippen molar-refractivity contribution in [3.8, 4) is 0 Å². The highest BCUT2D eigenvalue weighted by molar-refractivity contribution is 6.32. The molecule has 31 heavy (non-hydrogen) atoms. The van der Waals surface area contributed by atoms with Crippen molar-refractivity contribution in [2.75, 3.05) is 6.54 Å². The van der Waals surface area contributed by atoms with Gasteiger partial charge < -0.3 is 4.90 Å². The zero-order valence-corrected chi connectivity index (χ0v) is 16.8. The third kappa shape index (κ3) is 4.25. The van der Waals surface area contributed by atoms with E-state index in [2.05, 4.69) is 15.3 Å². The first kappa shape index (κ1) is 21.2. The number of carbonyl (C=O) groups excluding carboxylic acids is 1. The summed E-state index contributed by atoms with van der Waals surface area (Å²) in [5.41, 5.74) is 0.792. The number of amides is 1. The maximum atomic E-state index is 13.4. The van der Waals surface area contributed by atoms with Crippen molar-refractivity contribution < 1.29 is 22.4 Å². The van der Waals surface area contributed by atoms with Crippen LogP contribution in [-0.4, -0.2) is 37.3 Å². The molecule has 3 aromatic rings. The fourth-order valence-corrected chi connectivity index (χ4v) is 3.79. The van der Waals surface area contributed by atoms with Crippen LogP contribution in [0.3, 0.4) is 0 Å². The van der Waals surface area contributed by atoms with E-state index in [9.17, 15) is 22.4 Å². The topological polar surface area (TPSA) is 63.9 Å². The van der Waals surface area contributed by atoms with E-state index in [0.29, 0.717) is 29.9 Å². The zero-order chi connectivity index (χ0) is 22.2. The summed E-state index contributed by atoms with van der Waals surface area (Å²) in [4.78, 5) is 18.3. The van der Waals surface area contributed by atoms with Crippen molar-refractivity contribution in [3.63, 3.8) is 0 Å². The van der Waals surface area contributed by atoms with Crippen molar-refractivity contribution in [3.05, 3.63) is 75.3 Å². The highest BCUT2D eigenvalue weighted by atomic mass is 35.5. The molecule has 1 amide bonds. The average molecular weight is 454 g/mol. The van der Waals surface area contributed by atoms with Gasteiger partial charge in [-0.3, -0.25) is 9.78 Å². The minimum atomic E-state index is -4.75. The summed E-state index contributed by atoms with van der Waals surface area (Å²) in [5.74, 6) is -0.765. The SMILES string of the molecule is O=C(c1cccc(Cl)c1C(F)(F)F)N1CCc2c(nnn2Cc2ccc(CF)cn2)C1. The molecule has 11 heteroatoms. The van der Waals surface area contributed by atoms with Crippen LogP contribution in [-0.2, 0) is 32.4 Å². The van der Waals surface area contributed by atoms with Crippen LogP contribution in [0.1, 0.15) is 38.6 Å². The number of hydrogen-bond donors (Lipinski definition) is 0. The first-order chi connectivity index (χ1) is 14.8. The number of hydrogen-bond acceptors (Lipinski definition) is 4. The van der Waals surface area contributed by atoms with E-state index in [-0.39, 0.29) is 13.1 Å². The summed E-state index contributed by atoms with van der Waals surface area (Å²) in [5, 5.41) is 7.65. The Labute approximate surface area is 179 Å². The first-order valence-corrected chi connectivity index (χ1v) is 9.71. The van der Waals surface area contributed by atoms with Crippen LogP contribution in [0.15, 0.2) is 36.5 Å². The monoisotopic (exact) mass is 453 g/mol. The van der Waals surface area contributed by atoms with Gasteiger partial charge in [-0.25, -0.2) is 9.07 Å². The second-order valence-corrected chi connectivity index (χ2v) is 7.48. The van der Waals surface area contributed by atoms with Gasteiger partial charge in [0.15, 0.2) is 0 Å². The first-order valence-electron chi connectivity index (χ1n) is 9.34. The zero-order valence-electron chi connectivity index (χ0n) is 16.0. The molecule has 0 atom stereocenters. The molecule has 2 aromatic heterocycles. The maximum Gasteiger partial charge on any atom is 0.418 e. The lowest BCUT2D eigenvalue weighted by molar-refractivity contribution is -0.137. The minimum Gasteiger partial charge on any atom is -0.332 e. The molecule has 0 fully saturated rings. The van der Waals surface area contributed by atoms with Gasteiger partial charge in [-0.15, -0.1) is 5.10 Å². The van der Waals surface area contributed by atoms with E-state index in [1.54, 1.807) is 16.8 Å². The van der Waals surface area contributed by atoms with Crippen LogP contribution in [0.2, 0.25) is 5.02 Å². The number of rotatable bonds is 4. The van der Waals surface area contributed by atoms with E-state index in [0.717, 1.165) is 17.8 Å². The Morgan fingerprint density at radius 2 is 2.00 bits per heavy atom. The molecule has 0 spiro atoms. The van der Waals surface area contributed by atoms with Gasteiger partial charge in [0, 0.05) is 24.7 Å². The van der Waals surface area contributed by atoms with Gasteiger partial charge in [0.25, 0.3) is 5.91 Å². The quantitative estimate of drug-likeness (QED) is 0.559. The number of benzene rings is 1. The molecule has 0 bridgehead atoms. The molecular weight excluding hydrogens is 438 g/mol. The lowest BCUT2D eigenvalue weighted by Gasteiger charge is -2.27. The Morgan fingerprint density at radius 1 is 1.19 bits per heavy atom. The summed E-state index contributed by atoms with van der Waals surface area (Å²) in [6, 6.07) is 6.87. The Balaban J connectivity index is 1.54. The summed E-state index contributed by atoms with van der Waals surface area (Å²) in [7, 11) is 0. The highest BCUT2D eigenvalue weighted by Crippen LogP contribution is 2.38. The summed E-state index contributed by atoms with van der Waals surface area (Å²) < 4.78 is 54.5. The van der Waals surface area contributed by atoms with Crippen molar-refractivity contribution >= 4 is 17.5 Å². The van der Waals surface area contributed by atoms with Crippen LogP contribution in [0.5, 0.6) is 0 Å². The van der Waals surface area contributed by atoms with Gasteiger partial charge >= 0.3 is 6.18 Å². The van der Waals surface area contributed by atoms with Crippen molar-refractivity contribution in [1.82, 2.24) is 24.9 Å². The molecule has 0 N–H and O–H groups in total. The molecule has 0 unspecified atom stereocenters. The van der Waals surface area contributed by atoms with E-state index >= 15 is 0 Å². The van der Waals surface area contributed by atoms with Crippen molar-refractivity contribution in [2.24, 2.45) is 0 Å². The normalized spacial score (nSPS) is 13.9. The fraction of sp³-hybridized carbons (Fsp3) is 0.300. The summed E-state index contributed by atoms with van der Waals surface area (Å²) in [6.45, 7) is -0.0443. The number of fused-ring (bicyclic) bond motifs is 1. The Hall–Kier alpha value is -3.01. The van der Waals surface area contributed by atoms with Crippen LogP contribution >= 0.6 is 11.6 Å². The predicted octanol–water partition coefficient (Wildman–Crippen LogP) is 4.06. The molecule has 0 aliphatic carbocycles. The highest BCUT2D eigenvalue weighted by Gasteiger charge is 2.39. The largest absolute Gasteiger partial charge is 0.418 e. The molecule has 1 aliphatic rings. The maximum absolute atomic E-state index is 13.4. The number of alkyl halides is 4. The molecule has 0 saturated carbocycles. The van der Waals surface area contributed by atoms with Crippen molar-refractivity contribution in [2.45, 2.75) is 32.4 Å². The Kier molecular flexibility index (Phi) is 5.65. The second kappa shape index (κ2) is 8.26. The van der Waals surface area contributed by atoms with Crippen LogP contribution in [0.4, 0.5) is 17.6 Å². The Bertz CT molecular complexity index is 1110. The minimum absolute atomic E-state index is 0.0339. The van der Waals surface area contributed by atoms with Crippen LogP contribution in [0, 0.1) is 0 Å². The molecule has 3 heterocycles. The number of nitrogens with zero attached hydrogens (tertiary/aromatic N) is 5. The lowest BCUT2D eigenvalue weighted by atomic mass is 10.0. The number of carbonyl (C=O) groups is 1. The number of halogens is 5. The fourth-order valence-electron chi connectivity index (χ4n) is 3.51. The molecule has 0 saturated heterocycles. The van der Waals surface area contributed by atoms with Gasteiger partial charge in [0.1, 0.15) is 12.4 Å². The molecule has 4 rings (SSSR count). The standard InChI is InChI=1S/C20H16ClF4N5O/c21-15-3-1-2-14(18(15)20(23,24)25)19(31)29-7-6-17-16(11-29)27-28-30(17)10-13-5-4-12(8-22)9-26-13/h1-5,9H,6-8,10-11H2. The molecule has 0 radical (unpaired) electrons. The number of pyridine rings is 1. The van der Waals surface area contributed by atoms with Crippen LogP contribution in [0.25, 0.3) is 0 Å². The predicted molar refractivity (Wildman–Crippen MR) is 103 cm³/mol. The van der Waals surface area contributed by atoms with Gasteiger partial charge in [-0.05, 0) is 18.2 Å². The molecule has 162 valence electrons. The van der Waals surface area contributed by atoms with Crippen LogP contribution < -0.4 is 0 Å². The number of aromatic nitrogens is 4. The Morgan fingerprint density at radius 3 is 2.68 bits per heavy atom. The summed E-state index contributed by atoms with van der Waals surface area (Å²) >= 11 is 5.73. The second-order valence-electron chi connectivity index (χ2n) is 7.07. The van der Waals surface area contributed by atoms with E-state index in [1.165, 1.54) is 17.2 Å². The summed E-state index contributed by atoms with van der Waals surface area (Å²) in [6.07, 6.45) is -2.93. The van der Waals surface area contributed by atoms with E-state index in [1.807, 2.05) is 0 Å². The molecule has 1 aliphatic heterocycles. The smallest absolute Gasteiger partial charge is 0.332 e. The van der Waals surface area contributed by atoms with Gasteiger partial charge in [-0.1, -0.05) is 28.9 Å². The van der Waals surface area contributed by atoms with E-state index in [4.69, 9.17) is 11.6 Å². The molecular formula is C20H16ClF4N5O.